The molecule has 1 heterocycles. The van der Waals surface area contributed by atoms with E-state index < -0.39 is 18.5 Å². The Morgan fingerprint density at radius 2 is 1.40 bits per heavy atom. The Kier molecular flexibility index (Phi) is 22.8. The first kappa shape index (κ1) is 33.3. The predicted octanol–water partition coefficient (Wildman–Crippen LogP) is 5.49. The van der Waals surface area contributed by atoms with Crippen molar-refractivity contribution < 1.29 is 38.0 Å². The first-order valence-electron chi connectivity index (χ1n) is 13.0. The maximum absolute atomic E-state index is 11.0. The molecular weight excluding hydrogens is 452 g/mol. The van der Waals surface area contributed by atoms with Crippen LogP contribution in [0.15, 0.2) is 25.3 Å². The standard InChI is InChI=1S/C16H30O2.C11H18O6/c1-4-6-7-8-9-10-11-12-13-14-15(3)18-16(17)5-2;1-3-9(12)17-11-8-13-7-10(14-4-2)15-5-6-16-11/h5,15H,2,4,6-14H2,1,3H3;3,10-11H,1,4-8H2,2H3. The van der Waals surface area contributed by atoms with Crippen LogP contribution in [0.2, 0.25) is 0 Å². The number of rotatable bonds is 16. The minimum atomic E-state index is -0.732. The summed E-state index contributed by atoms with van der Waals surface area (Å²) in [4.78, 5) is 21.9. The minimum Gasteiger partial charge on any atom is -0.460 e. The first-order chi connectivity index (χ1) is 17.0. The van der Waals surface area contributed by atoms with Crippen molar-refractivity contribution in [3.63, 3.8) is 0 Å². The maximum atomic E-state index is 11.0. The fraction of sp³-hybridized carbons (Fsp3) is 0.778. The summed E-state index contributed by atoms with van der Waals surface area (Å²) in [5, 5.41) is 0. The van der Waals surface area contributed by atoms with Gasteiger partial charge in [-0.15, -0.1) is 0 Å². The molecule has 0 aliphatic carbocycles. The number of carbonyl (C=O) groups is 2. The number of hydrogen-bond donors (Lipinski definition) is 0. The number of carbonyl (C=O) groups excluding carboxylic acids is 2. The highest BCUT2D eigenvalue weighted by molar-refractivity contribution is 5.81. The molecule has 1 aliphatic rings. The average Bonchev–Trinajstić information content (AvgIpc) is 2.95. The van der Waals surface area contributed by atoms with Crippen molar-refractivity contribution in [2.24, 2.45) is 0 Å². The zero-order valence-electron chi connectivity index (χ0n) is 22.2. The molecule has 0 aromatic carbocycles. The highest BCUT2D eigenvalue weighted by Crippen LogP contribution is 2.12. The summed E-state index contributed by atoms with van der Waals surface area (Å²) >= 11 is 0. The van der Waals surface area contributed by atoms with E-state index in [9.17, 15) is 9.59 Å². The van der Waals surface area contributed by atoms with Crippen LogP contribution in [0.5, 0.6) is 0 Å². The zero-order valence-corrected chi connectivity index (χ0v) is 22.2. The van der Waals surface area contributed by atoms with Gasteiger partial charge in [-0.05, 0) is 26.7 Å². The Balaban J connectivity index is 0.000000661. The summed E-state index contributed by atoms with van der Waals surface area (Å²) in [5.41, 5.74) is 0. The van der Waals surface area contributed by atoms with E-state index in [0.717, 1.165) is 18.9 Å². The van der Waals surface area contributed by atoms with Crippen LogP contribution in [0, 0.1) is 0 Å². The monoisotopic (exact) mass is 500 g/mol. The Labute approximate surface area is 212 Å². The number of unbranched alkanes of at least 4 members (excludes halogenated alkanes) is 8. The molecule has 0 aromatic heterocycles. The van der Waals surface area contributed by atoms with E-state index in [4.69, 9.17) is 28.4 Å². The van der Waals surface area contributed by atoms with Gasteiger partial charge < -0.3 is 28.4 Å². The van der Waals surface area contributed by atoms with Gasteiger partial charge >= 0.3 is 11.9 Å². The predicted molar refractivity (Wildman–Crippen MR) is 136 cm³/mol. The van der Waals surface area contributed by atoms with Crippen molar-refractivity contribution in [2.45, 2.75) is 104 Å². The number of ether oxygens (including phenoxy) is 6. The Morgan fingerprint density at radius 1 is 0.857 bits per heavy atom. The molecule has 8 nitrogen and oxygen atoms in total. The molecule has 0 bridgehead atoms. The second-order valence-electron chi connectivity index (χ2n) is 8.30. The van der Waals surface area contributed by atoms with Gasteiger partial charge in [0.15, 0.2) is 6.29 Å². The third kappa shape index (κ3) is 21.3. The second-order valence-corrected chi connectivity index (χ2v) is 8.30. The summed E-state index contributed by atoms with van der Waals surface area (Å²) < 4.78 is 31.2. The molecule has 1 aliphatic heterocycles. The first-order valence-corrected chi connectivity index (χ1v) is 13.0. The van der Waals surface area contributed by atoms with Gasteiger partial charge in [0, 0.05) is 18.8 Å². The highest BCUT2D eigenvalue weighted by Gasteiger charge is 2.18. The Morgan fingerprint density at radius 3 is 1.97 bits per heavy atom. The van der Waals surface area contributed by atoms with Crippen molar-refractivity contribution in [2.75, 3.05) is 33.0 Å². The summed E-state index contributed by atoms with van der Waals surface area (Å²) in [5.74, 6) is -0.849. The Hall–Kier alpha value is -1.74. The van der Waals surface area contributed by atoms with Gasteiger partial charge in [0.1, 0.15) is 6.61 Å². The quantitative estimate of drug-likeness (QED) is 0.156. The molecule has 1 fully saturated rings. The molecule has 0 spiro atoms. The van der Waals surface area contributed by atoms with Gasteiger partial charge in [-0.1, -0.05) is 71.4 Å². The van der Waals surface area contributed by atoms with Gasteiger partial charge in [0.25, 0.3) is 0 Å². The van der Waals surface area contributed by atoms with E-state index in [2.05, 4.69) is 20.1 Å². The number of esters is 2. The lowest BCUT2D eigenvalue weighted by molar-refractivity contribution is -0.185. The largest absolute Gasteiger partial charge is 0.460 e. The second kappa shape index (κ2) is 24.0. The third-order valence-electron chi connectivity index (χ3n) is 5.16. The molecule has 35 heavy (non-hydrogen) atoms. The van der Waals surface area contributed by atoms with Crippen molar-refractivity contribution in [1.82, 2.24) is 0 Å². The molecule has 0 saturated carbocycles. The van der Waals surface area contributed by atoms with E-state index >= 15 is 0 Å². The van der Waals surface area contributed by atoms with Gasteiger partial charge in [-0.3, -0.25) is 0 Å². The van der Waals surface area contributed by atoms with Crippen LogP contribution in [-0.2, 0) is 38.0 Å². The lowest BCUT2D eigenvalue weighted by atomic mass is 10.1. The summed E-state index contributed by atoms with van der Waals surface area (Å²) in [6.07, 6.45) is 14.1. The SMILES string of the molecule is C=CC(=O)OC(C)CCCCCCCCCCC.C=CC(=O)OC1COCC(OCC)OCCO1. The normalized spacial score (nSPS) is 19.1. The van der Waals surface area contributed by atoms with Crippen LogP contribution in [-0.4, -0.2) is 63.7 Å². The van der Waals surface area contributed by atoms with Gasteiger partial charge in [-0.2, -0.15) is 0 Å². The van der Waals surface area contributed by atoms with Crippen molar-refractivity contribution in [3.05, 3.63) is 25.3 Å². The fourth-order valence-corrected chi connectivity index (χ4v) is 3.29. The molecule has 0 aromatic rings. The van der Waals surface area contributed by atoms with Crippen LogP contribution in [0.4, 0.5) is 0 Å². The fourth-order valence-electron chi connectivity index (χ4n) is 3.29. The van der Waals surface area contributed by atoms with Gasteiger partial charge in [0.2, 0.25) is 6.29 Å². The van der Waals surface area contributed by atoms with Crippen LogP contribution >= 0.6 is 0 Å². The van der Waals surface area contributed by atoms with Crippen LogP contribution in [0.25, 0.3) is 0 Å². The Bertz CT molecular complexity index is 551. The molecule has 3 unspecified atom stereocenters. The lowest BCUT2D eigenvalue weighted by Crippen LogP contribution is -2.27. The van der Waals surface area contributed by atoms with Crippen LogP contribution < -0.4 is 0 Å². The van der Waals surface area contributed by atoms with E-state index in [1.807, 2.05) is 13.8 Å². The summed E-state index contributed by atoms with van der Waals surface area (Å²) in [6, 6.07) is 0. The minimum absolute atomic E-state index is 0.0278. The van der Waals surface area contributed by atoms with Crippen LogP contribution in [0.1, 0.15) is 85.0 Å². The molecule has 0 amide bonds. The zero-order chi connectivity index (χ0) is 26.2. The smallest absolute Gasteiger partial charge is 0.332 e. The molecular formula is C27H48O8. The molecule has 3 atom stereocenters. The molecule has 0 N–H and O–H groups in total. The average molecular weight is 501 g/mol. The topological polar surface area (TPSA) is 89.5 Å². The molecule has 8 heteroatoms. The van der Waals surface area contributed by atoms with E-state index in [1.54, 1.807) is 0 Å². The van der Waals surface area contributed by atoms with Crippen molar-refractivity contribution in [3.8, 4) is 0 Å². The van der Waals surface area contributed by atoms with E-state index in [-0.39, 0.29) is 25.3 Å². The lowest BCUT2D eigenvalue weighted by Gasteiger charge is -2.16. The third-order valence-corrected chi connectivity index (χ3v) is 5.16. The molecule has 204 valence electrons. The number of hydrogen-bond acceptors (Lipinski definition) is 8. The highest BCUT2D eigenvalue weighted by atomic mass is 16.7. The summed E-state index contributed by atoms with van der Waals surface area (Å²) in [6.45, 7) is 14.4. The van der Waals surface area contributed by atoms with Crippen LogP contribution in [0.3, 0.4) is 0 Å². The van der Waals surface area contributed by atoms with Crippen molar-refractivity contribution >= 4 is 11.9 Å². The van der Waals surface area contributed by atoms with E-state index in [0.29, 0.717) is 19.8 Å². The van der Waals surface area contributed by atoms with Crippen molar-refractivity contribution in [1.29, 1.82) is 0 Å². The molecule has 1 rings (SSSR count). The van der Waals surface area contributed by atoms with E-state index in [1.165, 1.54) is 57.4 Å². The summed E-state index contributed by atoms with van der Waals surface area (Å²) in [7, 11) is 0. The maximum Gasteiger partial charge on any atom is 0.332 e. The van der Waals surface area contributed by atoms with Gasteiger partial charge in [-0.25, -0.2) is 9.59 Å². The van der Waals surface area contributed by atoms with Gasteiger partial charge in [0.05, 0.1) is 25.9 Å². The molecule has 0 radical (unpaired) electrons. The molecule has 1 saturated heterocycles.